The highest BCUT2D eigenvalue weighted by atomic mass is 19.1. The quantitative estimate of drug-likeness (QED) is 0.768. The number of aromatic nitrogens is 4. The smallest absolute Gasteiger partial charge is 0.246 e. The van der Waals surface area contributed by atoms with Crippen molar-refractivity contribution in [3.05, 3.63) is 47.7 Å². The zero-order valence-electron chi connectivity index (χ0n) is 13.5. The average Bonchev–Trinajstić information content (AvgIpc) is 2.98. The van der Waals surface area contributed by atoms with Crippen LogP contribution in [0.15, 0.2) is 30.6 Å². The molecule has 1 unspecified atom stereocenters. The van der Waals surface area contributed by atoms with Gasteiger partial charge in [0.2, 0.25) is 11.6 Å². The summed E-state index contributed by atoms with van der Waals surface area (Å²) >= 11 is 0. The van der Waals surface area contributed by atoms with Crippen LogP contribution in [0.2, 0.25) is 0 Å². The molecule has 0 saturated carbocycles. The Bertz CT molecular complexity index is 907. The molecule has 124 valence electrons. The maximum absolute atomic E-state index is 13.9. The summed E-state index contributed by atoms with van der Waals surface area (Å²) in [7, 11) is 0. The molecule has 1 atom stereocenters. The lowest BCUT2D eigenvalue weighted by Gasteiger charge is -2.16. The third-order valence-corrected chi connectivity index (χ3v) is 3.54. The minimum Gasteiger partial charge on any atom is -0.371 e. The minimum atomic E-state index is -0.604. The van der Waals surface area contributed by atoms with E-state index in [1.807, 2.05) is 6.92 Å². The molecule has 0 fully saturated rings. The van der Waals surface area contributed by atoms with Gasteiger partial charge in [0.05, 0.1) is 17.1 Å². The first-order chi connectivity index (χ1) is 11.4. The van der Waals surface area contributed by atoms with E-state index in [9.17, 15) is 9.18 Å². The summed E-state index contributed by atoms with van der Waals surface area (Å²) in [6.07, 6.45) is 1.49. The summed E-state index contributed by atoms with van der Waals surface area (Å²) in [6.45, 7) is 5.30. The molecule has 0 aliphatic rings. The fraction of sp³-hybridized carbons (Fsp3) is 0.250. The van der Waals surface area contributed by atoms with Crippen LogP contribution in [0.25, 0.3) is 5.65 Å². The molecule has 8 heteroatoms. The number of benzene rings is 1. The molecule has 2 heterocycles. The second-order valence-electron chi connectivity index (χ2n) is 5.64. The van der Waals surface area contributed by atoms with Gasteiger partial charge in [-0.25, -0.2) is 4.39 Å². The van der Waals surface area contributed by atoms with Crippen molar-refractivity contribution < 1.29 is 9.18 Å². The molecule has 1 amide bonds. The van der Waals surface area contributed by atoms with Gasteiger partial charge in [0.15, 0.2) is 0 Å². The Labute approximate surface area is 137 Å². The number of carbonyl (C=O) groups is 1. The SMILES string of the molecule is Cc1ccc(NC(=O)C(C)Nc2cc(C)nn3cnnc23)c(F)c1. The van der Waals surface area contributed by atoms with Crippen LogP contribution in [-0.4, -0.2) is 31.8 Å². The molecule has 2 aromatic heterocycles. The third kappa shape index (κ3) is 3.17. The minimum absolute atomic E-state index is 0.151. The van der Waals surface area contributed by atoms with E-state index in [2.05, 4.69) is 25.9 Å². The lowest BCUT2D eigenvalue weighted by Crippen LogP contribution is -2.32. The Hall–Kier alpha value is -3.03. The first-order valence-electron chi connectivity index (χ1n) is 7.45. The molecular weight excluding hydrogens is 311 g/mol. The van der Waals surface area contributed by atoms with Gasteiger partial charge in [-0.1, -0.05) is 6.07 Å². The maximum Gasteiger partial charge on any atom is 0.246 e. The molecule has 0 spiro atoms. The molecule has 0 bridgehead atoms. The summed E-state index contributed by atoms with van der Waals surface area (Å²) in [6, 6.07) is 5.83. The molecule has 0 radical (unpaired) electrons. The lowest BCUT2D eigenvalue weighted by molar-refractivity contribution is -0.116. The van der Waals surface area contributed by atoms with Gasteiger partial charge in [0, 0.05) is 0 Å². The van der Waals surface area contributed by atoms with Gasteiger partial charge in [-0.3, -0.25) is 4.79 Å². The van der Waals surface area contributed by atoms with E-state index in [-0.39, 0.29) is 11.6 Å². The number of amides is 1. The van der Waals surface area contributed by atoms with Crippen LogP contribution in [0.4, 0.5) is 15.8 Å². The molecule has 1 aromatic carbocycles. The second-order valence-corrected chi connectivity index (χ2v) is 5.64. The number of anilines is 2. The summed E-state index contributed by atoms with van der Waals surface area (Å²) < 4.78 is 15.4. The average molecular weight is 328 g/mol. The van der Waals surface area contributed by atoms with Crippen LogP contribution in [0.1, 0.15) is 18.2 Å². The Morgan fingerprint density at radius 1 is 1.25 bits per heavy atom. The van der Waals surface area contributed by atoms with Gasteiger partial charge in [-0.2, -0.15) is 9.61 Å². The van der Waals surface area contributed by atoms with Crippen LogP contribution in [0.5, 0.6) is 0 Å². The highest BCUT2D eigenvalue weighted by molar-refractivity contribution is 5.96. The van der Waals surface area contributed by atoms with Gasteiger partial charge in [-0.05, 0) is 44.5 Å². The van der Waals surface area contributed by atoms with Gasteiger partial charge >= 0.3 is 0 Å². The predicted molar refractivity (Wildman–Crippen MR) is 88.4 cm³/mol. The van der Waals surface area contributed by atoms with Crippen molar-refractivity contribution in [1.29, 1.82) is 0 Å². The van der Waals surface area contributed by atoms with Crippen LogP contribution >= 0.6 is 0 Å². The molecular formula is C16H17FN6O. The monoisotopic (exact) mass is 328 g/mol. The Kier molecular flexibility index (Phi) is 4.11. The van der Waals surface area contributed by atoms with Crippen molar-refractivity contribution in [2.45, 2.75) is 26.8 Å². The van der Waals surface area contributed by atoms with Crippen LogP contribution < -0.4 is 10.6 Å². The second kappa shape index (κ2) is 6.23. The fourth-order valence-corrected chi connectivity index (χ4v) is 2.32. The number of halogens is 1. The Morgan fingerprint density at radius 2 is 2.04 bits per heavy atom. The largest absolute Gasteiger partial charge is 0.371 e. The predicted octanol–water partition coefficient (Wildman–Crippen LogP) is 2.32. The highest BCUT2D eigenvalue weighted by Gasteiger charge is 2.17. The molecule has 7 nitrogen and oxygen atoms in total. The van der Waals surface area contributed by atoms with Crippen molar-refractivity contribution in [3.63, 3.8) is 0 Å². The first-order valence-corrected chi connectivity index (χ1v) is 7.45. The molecule has 3 rings (SSSR count). The third-order valence-electron chi connectivity index (χ3n) is 3.54. The Balaban J connectivity index is 1.77. The van der Waals surface area contributed by atoms with Crippen molar-refractivity contribution in [2.75, 3.05) is 10.6 Å². The van der Waals surface area contributed by atoms with Crippen LogP contribution in [0.3, 0.4) is 0 Å². The maximum atomic E-state index is 13.9. The van der Waals surface area contributed by atoms with E-state index in [1.54, 1.807) is 32.0 Å². The zero-order valence-corrected chi connectivity index (χ0v) is 13.5. The topological polar surface area (TPSA) is 84.2 Å². The molecule has 0 aliphatic heterocycles. The van der Waals surface area contributed by atoms with E-state index in [4.69, 9.17) is 0 Å². The molecule has 0 aliphatic carbocycles. The summed E-state index contributed by atoms with van der Waals surface area (Å²) in [5, 5.41) is 17.7. The number of aryl methyl sites for hydroxylation is 2. The van der Waals surface area contributed by atoms with Crippen molar-refractivity contribution in [2.24, 2.45) is 0 Å². The van der Waals surface area contributed by atoms with Crippen LogP contribution in [-0.2, 0) is 4.79 Å². The highest BCUT2D eigenvalue weighted by Crippen LogP contribution is 2.18. The summed E-state index contributed by atoms with van der Waals surface area (Å²) in [5.74, 6) is -0.819. The van der Waals surface area contributed by atoms with Gasteiger partial charge in [-0.15, -0.1) is 10.2 Å². The zero-order chi connectivity index (χ0) is 17.3. The van der Waals surface area contributed by atoms with Crippen molar-refractivity contribution in [1.82, 2.24) is 19.8 Å². The van der Waals surface area contributed by atoms with E-state index in [0.29, 0.717) is 11.3 Å². The van der Waals surface area contributed by atoms with E-state index in [1.165, 1.54) is 16.9 Å². The first kappa shape index (κ1) is 15.9. The molecule has 2 N–H and O–H groups in total. The number of nitrogens with zero attached hydrogens (tertiary/aromatic N) is 4. The van der Waals surface area contributed by atoms with Gasteiger partial charge < -0.3 is 10.6 Å². The van der Waals surface area contributed by atoms with E-state index >= 15 is 0 Å². The number of hydrogen-bond donors (Lipinski definition) is 2. The number of fused-ring (bicyclic) bond motifs is 1. The number of rotatable bonds is 4. The van der Waals surface area contributed by atoms with E-state index in [0.717, 1.165) is 11.3 Å². The normalized spacial score (nSPS) is 12.2. The number of carbonyl (C=O) groups excluding carboxylic acids is 1. The molecule has 0 saturated heterocycles. The fourth-order valence-electron chi connectivity index (χ4n) is 2.32. The summed E-state index contributed by atoms with van der Waals surface area (Å²) in [4.78, 5) is 12.3. The summed E-state index contributed by atoms with van der Waals surface area (Å²) in [5.41, 5.74) is 2.84. The molecule has 24 heavy (non-hydrogen) atoms. The number of nitrogens with one attached hydrogen (secondary N) is 2. The van der Waals surface area contributed by atoms with E-state index < -0.39 is 11.9 Å². The lowest BCUT2D eigenvalue weighted by atomic mass is 10.2. The van der Waals surface area contributed by atoms with Crippen molar-refractivity contribution >= 4 is 22.9 Å². The standard InChI is InChI=1S/C16H17FN6O/c1-9-4-5-13(12(17)6-9)20-16(24)11(3)19-14-7-10(2)22-23-8-18-21-15(14)23/h4-8,11,19H,1-3H3,(H,20,24). The van der Waals surface area contributed by atoms with Gasteiger partial charge in [0.25, 0.3) is 0 Å². The Morgan fingerprint density at radius 3 is 2.79 bits per heavy atom. The molecule has 3 aromatic rings. The van der Waals surface area contributed by atoms with Gasteiger partial charge in [0.1, 0.15) is 18.2 Å². The van der Waals surface area contributed by atoms with Crippen molar-refractivity contribution in [3.8, 4) is 0 Å². The van der Waals surface area contributed by atoms with Crippen LogP contribution in [0, 0.1) is 19.7 Å². The number of hydrogen-bond acceptors (Lipinski definition) is 5.